The zero-order chi connectivity index (χ0) is 10.8. The minimum atomic E-state index is -0.326. The molecule has 0 radical (unpaired) electrons. The van der Waals surface area contributed by atoms with E-state index in [9.17, 15) is 4.79 Å². The number of Topliss-reactive ketones (excluding diaryl/α,β-unsaturated/α-hetero) is 1. The van der Waals surface area contributed by atoms with Gasteiger partial charge in [0.2, 0.25) is 0 Å². The Hall–Kier alpha value is -1.15. The van der Waals surface area contributed by atoms with Crippen molar-refractivity contribution in [3.63, 3.8) is 0 Å². The van der Waals surface area contributed by atoms with Gasteiger partial charge in [-0.2, -0.15) is 0 Å². The van der Waals surface area contributed by atoms with E-state index < -0.39 is 0 Å². The second kappa shape index (κ2) is 3.93. The van der Waals surface area contributed by atoms with Crippen LogP contribution in [0.1, 0.15) is 36.7 Å². The maximum Gasteiger partial charge on any atom is 0.168 e. The van der Waals surface area contributed by atoms with Gasteiger partial charge in [-0.3, -0.25) is 4.79 Å². The molecule has 1 aromatic rings. The fourth-order valence-electron chi connectivity index (χ4n) is 1.27. The summed E-state index contributed by atoms with van der Waals surface area (Å²) in [6, 6.07) is 7.51. The predicted octanol–water partition coefficient (Wildman–Crippen LogP) is 2.37. The van der Waals surface area contributed by atoms with Crippen molar-refractivity contribution >= 4 is 5.78 Å². The number of nitrogens with two attached hydrogens (primary N) is 1. The van der Waals surface area contributed by atoms with Crippen molar-refractivity contribution in [2.24, 2.45) is 11.1 Å². The van der Waals surface area contributed by atoms with Crippen molar-refractivity contribution in [1.29, 1.82) is 0 Å². The lowest BCUT2D eigenvalue weighted by molar-refractivity contribution is 0.0858. The minimum Gasteiger partial charge on any atom is -0.326 e. The Morgan fingerprint density at radius 2 is 2.00 bits per heavy atom. The Balaban J connectivity index is 3.02. The summed E-state index contributed by atoms with van der Waals surface area (Å²) in [6.45, 7) is 6.24. The van der Waals surface area contributed by atoms with E-state index in [1.165, 1.54) is 0 Å². The van der Waals surface area contributed by atoms with Crippen LogP contribution in [-0.2, 0) is 6.54 Å². The van der Waals surface area contributed by atoms with Crippen LogP contribution in [-0.4, -0.2) is 5.78 Å². The number of ketones is 1. The number of hydrogen-bond acceptors (Lipinski definition) is 2. The van der Waals surface area contributed by atoms with Gasteiger partial charge >= 0.3 is 0 Å². The Kier molecular flexibility index (Phi) is 3.06. The highest BCUT2D eigenvalue weighted by atomic mass is 16.1. The topological polar surface area (TPSA) is 43.1 Å². The van der Waals surface area contributed by atoms with Crippen LogP contribution in [0.3, 0.4) is 0 Å². The average molecular weight is 191 g/mol. The second-order valence-corrected chi connectivity index (χ2v) is 4.48. The summed E-state index contributed by atoms with van der Waals surface area (Å²) in [5, 5.41) is 0. The van der Waals surface area contributed by atoms with Gasteiger partial charge in [-0.15, -0.1) is 0 Å². The molecule has 0 aliphatic carbocycles. The fraction of sp³-hybridized carbons (Fsp3) is 0.417. The number of carbonyl (C=O) groups excluding carboxylic acids is 1. The van der Waals surface area contributed by atoms with Crippen molar-refractivity contribution in [2.75, 3.05) is 0 Å². The first-order valence-corrected chi connectivity index (χ1v) is 4.79. The third-order valence-corrected chi connectivity index (χ3v) is 2.11. The van der Waals surface area contributed by atoms with E-state index in [0.29, 0.717) is 6.54 Å². The summed E-state index contributed by atoms with van der Waals surface area (Å²) in [4.78, 5) is 11.9. The Morgan fingerprint density at radius 1 is 1.36 bits per heavy atom. The molecule has 0 heterocycles. The van der Waals surface area contributed by atoms with Gasteiger partial charge in [-0.05, 0) is 11.6 Å². The summed E-state index contributed by atoms with van der Waals surface area (Å²) >= 11 is 0. The molecule has 76 valence electrons. The molecular weight excluding hydrogens is 174 g/mol. The molecule has 14 heavy (non-hydrogen) atoms. The first kappa shape index (κ1) is 10.9. The van der Waals surface area contributed by atoms with Gasteiger partial charge in [0.05, 0.1) is 0 Å². The second-order valence-electron chi connectivity index (χ2n) is 4.48. The number of hydrogen-bond donors (Lipinski definition) is 1. The molecule has 0 bridgehead atoms. The lowest BCUT2D eigenvalue weighted by Crippen LogP contribution is -2.20. The van der Waals surface area contributed by atoms with Crippen LogP contribution in [0.5, 0.6) is 0 Å². The van der Waals surface area contributed by atoms with Gasteiger partial charge in [-0.1, -0.05) is 39.0 Å². The molecule has 0 aromatic heterocycles. The van der Waals surface area contributed by atoms with Crippen molar-refractivity contribution in [3.8, 4) is 0 Å². The summed E-state index contributed by atoms with van der Waals surface area (Å²) in [5.41, 5.74) is 6.94. The number of carbonyl (C=O) groups is 1. The molecule has 0 saturated carbocycles. The number of benzene rings is 1. The van der Waals surface area contributed by atoms with E-state index in [1.54, 1.807) is 0 Å². The van der Waals surface area contributed by atoms with E-state index in [-0.39, 0.29) is 11.2 Å². The number of rotatable bonds is 2. The Morgan fingerprint density at radius 3 is 2.50 bits per heavy atom. The molecule has 0 unspecified atom stereocenters. The monoisotopic (exact) mass is 191 g/mol. The maximum absolute atomic E-state index is 11.9. The highest BCUT2D eigenvalue weighted by Crippen LogP contribution is 2.21. The zero-order valence-corrected chi connectivity index (χ0v) is 9.00. The fourth-order valence-corrected chi connectivity index (χ4v) is 1.27. The molecule has 1 aromatic carbocycles. The summed E-state index contributed by atoms with van der Waals surface area (Å²) in [7, 11) is 0. The van der Waals surface area contributed by atoms with Crippen molar-refractivity contribution in [3.05, 3.63) is 35.4 Å². The van der Waals surface area contributed by atoms with E-state index in [0.717, 1.165) is 11.1 Å². The van der Waals surface area contributed by atoms with Gasteiger partial charge in [0, 0.05) is 17.5 Å². The Labute approximate surface area is 85.1 Å². The predicted molar refractivity (Wildman–Crippen MR) is 58.1 cm³/mol. The van der Waals surface area contributed by atoms with Crippen molar-refractivity contribution in [1.82, 2.24) is 0 Å². The first-order chi connectivity index (χ1) is 6.45. The zero-order valence-electron chi connectivity index (χ0n) is 9.00. The standard InChI is InChI=1S/C12H17NO/c1-12(2,3)11(14)10-6-4-5-9(7-10)8-13/h4-7H,8,13H2,1-3H3. The van der Waals surface area contributed by atoms with E-state index >= 15 is 0 Å². The van der Waals surface area contributed by atoms with Crippen molar-refractivity contribution < 1.29 is 4.79 Å². The van der Waals surface area contributed by atoms with Gasteiger partial charge in [0.25, 0.3) is 0 Å². The van der Waals surface area contributed by atoms with Crippen molar-refractivity contribution in [2.45, 2.75) is 27.3 Å². The summed E-state index contributed by atoms with van der Waals surface area (Å²) < 4.78 is 0. The van der Waals surface area contributed by atoms with Crippen LogP contribution in [0.15, 0.2) is 24.3 Å². The molecule has 2 heteroatoms. The largest absolute Gasteiger partial charge is 0.326 e. The van der Waals surface area contributed by atoms with Crippen LogP contribution < -0.4 is 5.73 Å². The quantitative estimate of drug-likeness (QED) is 0.729. The first-order valence-electron chi connectivity index (χ1n) is 4.79. The molecule has 0 aliphatic heterocycles. The van der Waals surface area contributed by atoms with E-state index in [2.05, 4.69) is 0 Å². The highest BCUT2D eigenvalue weighted by Gasteiger charge is 2.22. The van der Waals surface area contributed by atoms with Crippen LogP contribution in [0.2, 0.25) is 0 Å². The molecule has 0 spiro atoms. The van der Waals surface area contributed by atoms with E-state index in [4.69, 9.17) is 5.73 Å². The maximum atomic E-state index is 11.9. The van der Waals surface area contributed by atoms with Crippen LogP contribution in [0, 0.1) is 5.41 Å². The van der Waals surface area contributed by atoms with Gasteiger partial charge in [-0.25, -0.2) is 0 Å². The molecule has 1 rings (SSSR count). The molecular formula is C12H17NO. The van der Waals surface area contributed by atoms with Gasteiger partial charge in [0.1, 0.15) is 0 Å². The molecule has 2 nitrogen and oxygen atoms in total. The van der Waals surface area contributed by atoms with Crippen LogP contribution in [0.4, 0.5) is 0 Å². The molecule has 0 fully saturated rings. The van der Waals surface area contributed by atoms with Gasteiger partial charge in [0.15, 0.2) is 5.78 Å². The normalized spacial score (nSPS) is 11.4. The lowest BCUT2D eigenvalue weighted by Gasteiger charge is -2.16. The average Bonchev–Trinajstić information content (AvgIpc) is 2.15. The summed E-state index contributed by atoms with van der Waals surface area (Å²) in [6.07, 6.45) is 0. The SMILES string of the molecule is CC(C)(C)C(=O)c1cccc(CN)c1. The third kappa shape index (κ3) is 2.42. The lowest BCUT2D eigenvalue weighted by atomic mass is 9.86. The van der Waals surface area contributed by atoms with E-state index in [1.807, 2.05) is 45.0 Å². The van der Waals surface area contributed by atoms with Gasteiger partial charge < -0.3 is 5.73 Å². The minimum absolute atomic E-state index is 0.160. The highest BCUT2D eigenvalue weighted by molar-refractivity contribution is 5.99. The molecule has 2 N–H and O–H groups in total. The molecule has 0 atom stereocenters. The molecule has 0 aliphatic rings. The Bertz CT molecular complexity index is 336. The van der Waals surface area contributed by atoms with Crippen LogP contribution >= 0.6 is 0 Å². The smallest absolute Gasteiger partial charge is 0.168 e. The third-order valence-electron chi connectivity index (χ3n) is 2.11. The summed E-state index contributed by atoms with van der Waals surface area (Å²) in [5.74, 6) is 0.160. The molecule has 0 saturated heterocycles. The van der Waals surface area contributed by atoms with Crippen LogP contribution in [0.25, 0.3) is 0 Å². The molecule has 0 amide bonds.